The summed E-state index contributed by atoms with van der Waals surface area (Å²) < 4.78 is 21.1. The lowest BCUT2D eigenvalue weighted by atomic mass is 9.85. The normalized spacial score (nSPS) is 18.4. The average molecular weight is 192 g/mol. The van der Waals surface area contributed by atoms with Gasteiger partial charge in [-0.15, -0.1) is 4.83 Å². The van der Waals surface area contributed by atoms with Crippen molar-refractivity contribution in [3.8, 4) is 0 Å². The summed E-state index contributed by atoms with van der Waals surface area (Å²) in [6.07, 6.45) is 3.76. The molecule has 0 bridgehead atoms. The lowest BCUT2D eigenvalue weighted by molar-refractivity contribution is -0.127. The largest absolute Gasteiger partial charge is 0.278 e. The van der Waals surface area contributed by atoms with E-state index >= 15 is 0 Å². The van der Waals surface area contributed by atoms with Crippen molar-refractivity contribution in [1.29, 1.82) is 0 Å². The van der Waals surface area contributed by atoms with Crippen LogP contribution in [-0.4, -0.2) is 20.6 Å². The number of rotatable bonds is 3. The Morgan fingerprint density at radius 3 is 2.33 bits per heavy atom. The molecule has 1 rings (SSSR count). The minimum Gasteiger partial charge on any atom is -0.278 e. The standard InChI is InChI=1S/C6H12N2O3S/c1-12(10,11)8-7-6(9)5-3-2-4-5/h5,8H,2-4H2,1H3,(H,7,9). The van der Waals surface area contributed by atoms with E-state index in [1.54, 1.807) is 0 Å². The van der Waals surface area contributed by atoms with Crippen molar-refractivity contribution in [3.63, 3.8) is 0 Å². The van der Waals surface area contributed by atoms with Gasteiger partial charge in [0.05, 0.1) is 6.26 Å². The van der Waals surface area contributed by atoms with Crippen molar-refractivity contribution in [2.75, 3.05) is 6.26 Å². The van der Waals surface area contributed by atoms with Gasteiger partial charge >= 0.3 is 0 Å². The Bertz CT molecular complexity index is 269. The summed E-state index contributed by atoms with van der Waals surface area (Å²) in [7, 11) is -3.32. The van der Waals surface area contributed by atoms with E-state index in [1.807, 2.05) is 4.83 Å². The number of hydrazine groups is 1. The van der Waals surface area contributed by atoms with E-state index in [4.69, 9.17) is 0 Å². The first-order chi connectivity index (χ1) is 5.49. The van der Waals surface area contributed by atoms with Crippen LogP contribution in [0.2, 0.25) is 0 Å². The van der Waals surface area contributed by atoms with Gasteiger partial charge in [-0.1, -0.05) is 6.42 Å². The molecule has 2 N–H and O–H groups in total. The fourth-order valence-corrected chi connectivity index (χ4v) is 1.20. The Morgan fingerprint density at radius 1 is 1.42 bits per heavy atom. The second-order valence-electron chi connectivity index (χ2n) is 2.99. The molecule has 0 aliphatic heterocycles. The number of amides is 1. The monoisotopic (exact) mass is 192 g/mol. The van der Waals surface area contributed by atoms with Crippen LogP contribution in [0.3, 0.4) is 0 Å². The fraction of sp³-hybridized carbons (Fsp3) is 0.833. The second-order valence-corrected chi connectivity index (χ2v) is 4.74. The first-order valence-electron chi connectivity index (χ1n) is 3.76. The van der Waals surface area contributed by atoms with Crippen molar-refractivity contribution in [3.05, 3.63) is 0 Å². The topological polar surface area (TPSA) is 75.3 Å². The number of carbonyl (C=O) groups excluding carboxylic acids is 1. The maximum atomic E-state index is 11.0. The van der Waals surface area contributed by atoms with Crippen LogP contribution in [0.15, 0.2) is 0 Å². The molecule has 1 aliphatic rings. The van der Waals surface area contributed by atoms with Gasteiger partial charge in [0.15, 0.2) is 0 Å². The smallest absolute Gasteiger partial charge is 0.238 e. The second kappa shape index (κ2) is 3.40. The molecule has 70 valence electrons. The van der Waals surface area contributed by atoms with Crippen LogP contribution < -0.4 is 10.3 Å². The summed E-state index contributed by atoms with van der Waals surface area (Å²) in [6.45, 7) is 0. The van der Waals surface area contributed by atoms with Crippen LogP contribution in [0.4, 0.5) is 0 Å². The number of hydrogen-bond donors (Lipinski definition) is 2. The summed E-state index contributed by atoms with van der Waals surface area (Å²) in [6, 6.07) is 0. The predicted octanol–water partition coefficient (Wildman–Crippen LogP) is -0.633. The molecule has 1 amide bonds. The number of nitrogens with one attached hydrogen (secondary N) is 2. The number of sulfonamides is 1. The Hall–Kier alpha value is -0.620. The molecule has 0 aromatic heterocycles. The Kier molecular flexibility index (Phi) is 2.69. The van der Waals surface area contributed by atoms with Gasteiger partial charge in [0.2, 0.25) is 15.9 Å². The van der Waals surface area contributed by atoms with Gasteiger partial charge in [0, 0.05) is 5.92 Å². The van der Waals surface area contributed by atoms with Crippen LogP contribution in [0.5, 0.6) is 0 Å². The maximum absolute atomic E-state index is 11.0. The first-order valence-corrected chi connectivity index (χ1v) is 5.65. The van der Waals surface area contributed by atoms with E-state index in [-0.39, 0.29) is 11.8 Å². The summed E-state index contributed by atoms with van der Waals surface area (Å²) in [5.74, 6) is -0.231. The molecule has 0 aromatic rings. The molecule has 1 fully saturated rings. The third-order valence-corrected chi connectivity index (χ3v) is 2.31. The first kappa shape index (κ1) is 9.47. The van der Waals surface area contributed by atoms with Crippen molar-refractivity contribution in [2.45, 2.75) is 19.3 Å². The van der Waals surface area contributed by atoms with Gasteiger partial charge in [-0.25, -0.2) is 8.42 Å². The van der Waals surface area contributed by atoms with Crippen LogP contribution in [-0.2, 0) is 14.8 Å². The van der Waals surface area contributed by atoms with E-state index in [0.29, 0.717) is 0 Å². The van der Waals surface area contributed by atoms with Crippen molar-refractivity contribution in [2.24, 2.45) is 5.92 Å². The maximum Gasteiger partial charge on any atom is 0.238 e. The quantitative estimate of drug-likeness (QED) is 0.584. The summed E-state index contributed by atoms with van der Waals surface area (Å²) in [5.41, 5.74) is 2.15. The molecule has 0 aromatic carbocycles. The highest BCUT2D eigenvalue weighted by Gasteiger charge is 2.25. The van der Waals surface area contributed by atoms with Gasteiger partial charge in [0.25, 0.3) is 0 Å². The van der Waals surface area contributed by atoms with Gasteiger partial charge in [-0.05, 0) is 12.8 Å². The highest BCUT2D eigenvalue weighted by molar-refractivity contribution is 7.88. The molecule has 1 saturated carbocycles. The highest BCUT2D eigenvalue weighted by atomic mass is 32.2. The number of carbonyl (C=O) groups is 1. The Labute approximate surface area is 71.6 Å². The average Bonchev–Trinajstić information content (AvgIpc) is 1.78. The highest BCUT2D eigenvalue weighted by Crippen LogP contribution is 2.25. The van der Waals surface area contributed by atoms with Crippen molar-refractivity contribution >= 4 is 15.9 Å². The molecular weight excluding hydrogens is 180 g/mol. The minimum atomic E-state index is -3.32. The van der Waals surface area contributed by atoms with E-state index in [1.165, 1.54) is 0 Å². The van der Waals surface area contributed by atoms with Crippen LogP contribution >= 0.6 is 0 Å². The predicted molar refractivity (Wildman–Crippen MR) is 43.5 cm³/mol. The molecule has 0 atom stereocenters. The Morgan fingerprint density at radius 2 is 2.00 bits per heavy atom. The third-order valence-electron chi connectivity index (χ3n) is 1.84. The molecule has 0 heterocycles. The lowest BCUT2D eigenvalue weighted by Crippen LogP contribution is -2.45. The Balaban J connectivity index is 2.27. The van der Waals surface area contributed by atoms with E-state index in [0.717, 1.165) is 25.5 Å². The van der Waals surface area contributed by atoms with Gasteiger partial charge in [0.1, 0.15) is 0 Å². The summed E-state index contributed by atoms with van der Waals surface area (Å²) >= 11 is 0. The van der Waals surface area contributed by atoms with Gasteiger partial charge in [-0.3, -0.25) is 10.2 Å². The zero-order valence-corrected chi connectivity index (χ0v) is 7.65. The zero-order chi connectivity index (χ0) is 9.19. The SMILES string of the molecule is CS(=O)(=O)NNC(=O)C1CCC1. The fourth-order valence-electron chi connectivity index (χ4n) is 0.915. The van der Waals surface area contributed by atoms with E-state index < -0.39 is 10.0 Å². The van der Waals surface area contributed by atoms with Gasteiger partial charge < -0.3 is 0 Å². The number of hydrogen-bond acceptors (Lipinski definition) is 3. The molecule has 12 heavy (non-hydrogen) atoms. The summed E-state index contributed by atoms with van der Waals surface area (Å²) in [5, 5.41) is 0. The molecule has 1 aliphatic carbocycles. The van der Waals surface area contributed by atoms with E-state index in [9.17, 15) is 13.2 Å². The molecule has 6 heteroatoms. The molecular formula is C6H12N2O3S. The molecule has 0 radical (unpaired) electrons. The van der Waals surface area contributed by atoms with Crippen LogP contribution in [0.25, 0.3) is 0 Å². The lowest BCUT2D eigenvalue weighted by Gasteiger charge is -2.23. The van der Waals surface area contributed by atoms with Gasteiger partial charge in [-0.2, -0.15) is 0 Å². The third kappa shape index (κ3) is 2.78. The zero-order valence-electron chi connectivity index (χ0n) is 6.83. The van der Waals surface area contributed by atoms with Crippen LogP contribution in [0.1, 0.15) is 19.3 Å². The molecule has 5 nitrogen and oxygen atoms in total. The summed E-state index contributed by atoms with van der Waals surface area (Å²) in [4.78, 5) is 13.0. The van der Waals surface area contributed by atoms with Crippen LogP contribution in [0, 0.1) is 5.92 Å². The molecule has 0 saturated heterocycles. The molecule has 0 spiro atoms. The molecule has 0 unspecified atom stereocenters. The van der Waals surface area contributed by atoms with Crippen molar-refractivity contribution < 1.29 is 13.2 Å². The van der Waals surface area contributed by atoms with Crippen molar-refractivity contribution in [1.82, 2.24) is 10.3 Å². The van der Waals surface area contributed by atoms with E-state index in [2.05, 4.69) is 5.43 Å². The minimum absolute atomic E-state index is 0.000694.